The molecular weight excluding hydrogens is 1460 g/mol. The third-order valence-corrected chi connectivity index (χ3v) is 20.0. The molecule has 644 valence electrons. The molecule has 4 N–H and O–H groups in total. The Kier molecular flexibility index (Phi) is 81.9. The highest BCUT2D eigenvalue weighted by Crippen LogP contribution is 2.45. The lowest BCUT2D eigenvalue weighted by Gasteiger charge is -2.21. The van der Waals surface area contributed by atoms with E-state index in [1.165, 1.54) is 116 Å². The quantitative estimate of drug-likeness (QED) is 0.0146. The first-order valence-electron chi connectivity index (χ1n) is 44.1. The van der Waals surface area contributed by atoms with Gasteiger partial charge in [-0.15, -0.1) is 0 Å². The van der Waals surface area contributed by atoms with E-state index in [0.29, 0.717) is 19.3 Å². The van der Waals surface area contributed by atoms with Crippen LogP contribution in [0.3, 0.4) is 0 Å². The summed E-state index contributed by atoms with van der Waals surface area (Å²) in [6.45, 7) is 2.39. The SMILES string of the molecule is CC/C=C\C/C=C\C/C=C\C/C=C\C/C=C\C/C=C\CCCCCCCCCCCCCCCCC(=O)OCC(O)COP(=O)(O)OCC(O)COP(=O)(O)OCC(COC(=O)CCCCCCCCCCC/C=C\C/C=C\C/C=C\C/C=C\CCCCC)OC(=O)CCCCC/C=C\C/C=C\C/C=C\C/C=C\C/C=C\CC. The lowest BCUT2D eigenvalue weighted by Crippen LogP contribution is -2.30. The van der Waals surface area contributed by atoms with Gasteiger partial charge >= 0.3 is 33.6 Å². The molecule has 5 unspecified atom stereocenters. The van der Waals surface area contributed by atoms with E-state index in [4.69, 9.17) is 32.3 Å². The number of phosphoric ester groups is 2. The Morgan fingerprint density at radius 1 is 0.257 bits per heavy atom. The van der Waals surface area contributed by atoms with E-state index in [1.54, 1.807) is 0 Å². The summed E-state index contributed by atoms with van der Waals surface area (Å²) >= 11 is 0. The van der Waals surface area contributed by atoms with Gasteiger partial charge in [0.05, 0.1) is 26.4 Å². The first-order chi connectivity index (χ1) is 55.2. The lowest BCUT2D eigenvalue weighted by atomic mass is 10.0. The predicted octanol–water partition coefficient (Wildman–Crippen LogP) is 26.9. The molecule has 0 bridgehead atoms. The summed E-state index contributed by atoms with van der Waals surface area (Å²) in [5.74, 6) is -1.62. The molecule has 0 amide bonds. The Morgan fingerprint density at radius 3 is 0.752 bits per heavy atom. The van der Waals surface area contributed by atoms with Crippen LogP contribution in [-0.4, -0.2) is 95.9 Å². The van der Waals surface area contributed by atoms with Crippen LogP contribution in [-0.2, 0) is 55.8 Å². The van der Waals surface area contributed by atoms with Crippen molar-refractivity contribution in [3.63, 3.8) is 0 Å². The molecule has 0 spiro atoms. The Morgan fingerprint density at radius 2 is 0.469 bits per heavy atom. The molecule has 0 rings (SSSR count). The second-order valence-corrected chi connectivity index (χ2v) is 31.8. The van der Waals surface area contributed by atoms with Gasteiger partial charge in [-0.05, 0) is 161 Å². The number of carbonyl (C=O) groups is 3. The molecule has 0 aromatic heterocycles. The summed E-state index contributed by atoms with van der Waals surface area (Å²) in [5, 5.41) is 20.7. The minimum Gasteiger partial charge on any atom is -0.463 e. The van der Waals surface area contributed by atoms with Crippen molar-refractivity contribution in [2.24, 2.45) is 0 Å². The molecular formula is C95H158O16P2. The molecule has 113 heavy (non-hydrogen) atoms. The first kappa shape index (κ1) is 108. The van der Waals surface area contributed by atoms with Crippen molar-refractivity contribution in [3.8, 4) is 0 Å². The monoisotopic (exact) mass is 1620 g/mol. The lowest BCUT2D eigenvalue weighted by molar-refractivity contribution is -0.161. The van der Waals surface area contributed by atoms with Gasteiger partial charge in [0.15, 0.2) is 6.10 Å². The highest BCUT2D eigenvalue weighted by molar-refractivity contribution is 7.47. The fourth-order valence-corrected chi connectivity index (χ4v) is 13.1. The van der Waals surface area contributed by atoms with Crippen LogP contribution in [0.1, 0.15) is 342 Å². The number of phosphoric acid groups is 2. The third-order valence-electron chi connectivity index (χ3n) is 18.1. The van der Waals surface area contributed by atoms with Crippen LogP contribution in [0.25, 0.3) is 0 Å². The molecule has 0 radical (unpaired) electrons. The van der Waals surface area contributed by atoms with Crippen molar-refractivity contribution in [1.29, 1.82) is 0 Å². The number of aliphatic hydroxyl groups is 2. The zero-order chi connectivity index (χ0) is 82.2. The zero-order valence-corrected chi connectivity index (χ0v) is 72.5. The molecule has 0 aromatic carbocycles. The number of hydrogen-bond donors (Lipinski definition) is 4. The van der Waals surface area contributed by atoms with Gasteiger partial charge in [-0.2, -0.15) is 0 Å². The molecule has 18 heteroatoms. The Hall–Kier alpha value is -5.35. The van der Waals surface area contributed by atoms with E-state index in [9.17, 15) is 43.5 Å². The summed E-state index contributed by atoms with van der Waals surface area (Å²) < 4.78 is 61.3. The van der Waals surface area contributed by atoms with Crippen LogP contribution >= 0.6 is 15.6 Å². The number of esters is 3. The number of allylic oxidation sites excluding steroid dienone is 30. The topological polar surface area (TPSA) is 231 Å². The number of carbonyl (C=O) groups excluding carboxylic acids is 3. The molecule has 0 saturated carbocycles. The number of rotatable bonds is 82. The van der Waals surface area contributed by atoms with Crippen molar-refractivity contribution < 1.29 is 75.8 Å². The summed E-state index contributed by atoms with van der Waals surface area (Å²) in [6.07, 6.45) is 112. The number of unbranched alkanes of at least 4 members (excludes halogenated alkanes) is 29. The molecule has 0 aliphatic carbocycles. The number of hydrogen-bond acceptors (Lipinski definition) is 14. The third kappa shape index (κ3) is 87.3. The standard InChI is InChI=1S/C95H158O16P2/c1-4-7-10-13-16-19-22-25-28-31-34-36-38-40-41-42-43-44-45-46-47-49-51-52-55-57-60-63-66-69-72-75-78-81-93(98)105-84-90(96)85-107-112(101,102)108-86-91(97)87-109-113(103,104)110-89-92(111-95(100)83-80-77-74-71-68-65-62-59-54-33-30-27-24-21-18-15-12-9-6-3)88-106-94(99)82-79-76-73-70-67-64-61-58-56-53-50-48-39-37-35-32-29-26-23-20-17-14-11-8-5-2/h7,9-10,12,16-21,25-30,34-37,40-41,43-44,48,50,54,59,65,68,90-92,96-97H,4-6,8,11,13-15,22-24,31-33,38-39,42,45-47,49,51-53,55-58,60-64,66-67,69-89H2,1-3H3,(H,101,102)(H,103,104)/b10-7-,12-9-,19-16-,20-17-,21-18-,28-25-,29-26-,30-27-,36-34-,37-35-,41-40-,44-43-,50-48-,59-54-,68-65-. The molecule has 0 aliphatic rings. The maximum absolute atomic E-state index is 13.0. The maximum atomic E-state index is 13.0. The number of ether oxygens (including phenoxy) is 3. The van der Waals surface area contributed by atoms with Gasteiger partial charge in [0, 0.05) is 19.3 Å². The first-order valence-corrected chi connectivity index (χ1v) is 47.1. The maximum Gasteiger partial charge on any atom is 0.472 e. The molecule has 0 saturated heterocycles. The second-order valence-electron chi connectivity index (χ2n) is 28.9. The highest BCUT2D eigenvalue weighted by atomic mass is 31.2. The van der Waals surface area contributed by atoms with E-state index >= 15 is 0 Å². The molecule has 0 heterocycles. The minimum absolute atomic E-state index is 0.0587. The minimum atomic E-state index is -4.95. The van der Waals surface area contributed by atoms with E-state index in [0.717, 1.165) is 167 Å². The van der Waals surface area contributed by atoms with Crippen molar-refractivity contribution in [3.05, 3.63) is 182 Å². The molecule has 0 aliphatic heterocycles. The van der Waals surface area contributed by atoms with Gasteiger partial charge in [0.1, 0.15) is 25.4 Å². The smallest absolute Gasteiger partial charge is 0.463 e. The molecule has 5 atom stereocenters. The van der Waals surface area contributed by atoms with Crippen molar-refractivity contribution in [2.75, 3.05) is 39.6 Å². The van der Waals surface area contributed by atoms with Gasteiger partial charge in [0.2, 0.25) is 0 Å². The van der Waals surface area contributed by atoms with E-state index < -0.39 is 91.5 Å². The molecule has 0 fully saturated rings. The van der Waals surface area contributed by atoms with Crippen molar-refractivity contribution in [2.45, 2.75) is 360 Å². The van der Waals surface area contributed by atoms with E-state index in [-0.39, 0.29) is 19.3 Å². The van der Waals surface area contributed by atoms with Gasteiger partial charge in [-0.3, -0.25) is 32.5 Å². The number of aliphatic hydroxyl groups excluding tert-OH is 2. The Bertz CT molecular complexity index is 2780. The summed E-state index contributed by atoms with van der Waals surface area (Å²) in [4.78, 5) is 58.9. The fraction of sp³-hybridized carbons (Fsp3) is 0.653. The summed E-state index contributed by atoms with van der Waals surface area (Å²) in [7, 11) is -9.82. The van der Waals surface area contributed by atoms with Gasteiger partial charge in [-0.1, -0.05) is 344 Å². The molecule has 0 aromatic rings. The van der Waals surface area contributed by atoms with Crippen LogP contribution in [0.5, 0.6) is 0 Å². The summed E-state index contributed by atoms with van der Waals surface area (Å²) in [6, 6.07) is 0. The van der Waals surface area contributed by atoms with E-state index in [2.05, 4.69) is 203 Å². The largest absolute Gasteiger partial charge is 0.472 e. The second kappa shape index (κ2) is 86.0. The van der Waals surface area contributed by atoms with Crippen LogP contribution in [0.2, 0.25) is 0 Å². The average Bonchev–Trinajstić information content (AvgIpc) is 0.900. The zero-order valence-electron chi connectivity index (χ0n) is 70.7. The highest BCUT2D eigenvalue weighted by Gasteiger charge is 2.29. The molecule has 16 nitrogen and oxygen atoms in total. The van der Waals surface area contributed by atoms with Crippen molar-refractivity contribution in [1.82, 2.24) is 0 Å². The van der Waals surface area contributed by atoms with E-state index in [1.807, 2.05) is 0 Å². The van der Waals surface area contributed by atoms with Crippen molar-refractivity contribution >= 4 is 33.6 Å². The Labute approximate surface area is 687 Å². The van der Waals surface area contributed by atoms with Crippen LogP contribution < -0.4 is 0 Å². The summed E-state index contributed by atoms with van der Waals surface area (Å²) in [5.41, 5.74) is 0. The Balaban J connectivity index is 4.58. The van der Waals surface area contributed by atoms with Crippen LogP contribution in [0, 0.1) is 0 Å². The normalized spacial score (nSPS) is 14.7. The van der Waals surface area contributed by atoms with Crippen LogP contribution in [0.15, 0.2) is 182 Å². The van der Waals surface area contributed by atoms with Gasteiger partial charge in [-0.25, -0.2) is 9.13 Å². The van der Waals surface area contributed by atoms with Gasteiger partial charge < -0.3 is 34.2 Å². The fourth-order valence-electron chi connectivity index (χ4n) is 11.5. The van der Waals surface area contributed by atoms with Crippen LogP contribution in [0.4, 0.5) is 0 Å². The predicted molar refractivity (Wildman–Crippen MR) is 472 cm³/mol. The van der Waals surface area contributed by atoms with Gasteiger partial charge in [0.25, 0.3) is 0 Å². The average molecular weight is 1620 g/mol.